The highest BCUT2D eigenvalue weighted by atomic mass is 32.2. The second kappa shape index (κ2) is 19.4. The van der Waals surface area contributed by atoms with Gasteiger partial charge in [-0.1, -0.05) is 62.8 Å². The fraction of sp³-hybridized carbons (Fsp3) is 0.353. The molecule has 4 amide bonds. The van der Waals surface area contributed by atoms with Crippen molar-refractivity contribution in [3.63, 3.8) is 0 Å². The predicted octanol–water partition coefficient (Wildman–Crippen LogP) is 11.4. The Labute approximate surface area is 397 Å². The van der Waals surface area contributed by atoms with Crippen molar-refractivity contribution in [1.29, 1.82) is 0 Å². The van der Waals surface area contributed by atoms with Crippen LogP contribution in [0.25, 0.3) is 33.4 Å². The van der Waals surface area contributed by atoms with Crippen molar-refractivity contribution in [2.45, 2.75) is 128 Å². The van der Waals surface area contributed by atoms with Crippen LogP contribution < -0.4 is 31.9 Å². The molecule has 0 aromatic heterocycles. The van der Waals surface area contributed by atoms with E-state index in [1.807, 2.05) is 32.9 Å². The number of carbonyl (C=O) groups excluding carboxylic acids is 2. The zero-order valence-electron chi connectivity index (χ0n) is 39.1. The Morgan fingerprint density at radius 2 is 1.22 bits per heavy atom. The van der Waals surface area contributed by atoms with E-state index >= 15 is 0 Å². The van der Waals surface area contributed by atoms with Gasteiger partial charge in [-0.2, -0.15) is 16.8 Å². The van der Waals surface area contributed by atoms with Gasteiger partial charge in [-0.25, -0.2) is 14.6 Å². The molecule has 17 heteroatoms. The summed E-state index contributed by atoms with van der Waals surface area (Å²) in [5.74, 6) is 0.275. The van der Waals surface area contributed by atoms with E-state index in [0.717, 1.165) is 80.2 Å². The van der Waals surface area contributed by atoms with Crippen LogP contribution in [0, 0.1) is 41.5 Å². The zero-order chi connectivity index (χ0) is 48.7. The van der Waals surface area contributed by atoms with Crippen molar-refractivity contribution in [1.82, 2.24) is 10.6 Å². The van der Waals surface area contributed by atoms with Gasteiger partial charge in [0.15, 0.2) is 0 Å². The third kappa shape index (κ3) is 10.1. The number of rotatable bonds is 10. The second-order valence-corrected chi connectivity index (χ2v) is 21.0. The van der Waals surface area contributed by atoms with E-state index < -0.39 is 26.3 Å². The van der Waals surface area contributed by atoms with Crippen LogP contribution in [-0.2, 0) is 20.2 Å². The highest BCUT2D eigenvalue weighted by Crippen LogP contribution is 2.44. The highest BCUT2D eigenvalue weighted by molar-refractivity contribution is 7.86. The van der Waals surface area contributed by atoms with E-state index in [9.17, 15) is 35.5 Å². The average Bonchev–Trinajstić information content (AvgIpc) is 3.28. The van der Waals surface area contributed by atoms with Crippen molar-refractivity contribution in [2.24, 2.45) is 4.99 Å². The van der Waals surface area contributed by atoms with Crippen LogP contribution in [0.15, 0.2) is 85.9 Å². The SMILES string of the molecule is Cc1cc(C)c(Nc2ccc3c(-c4ccccc4S(=O)(=O)O)c4cc/c(=N\c5c(C)c(NC(=O)NC6CCCCC6)c(C)c(S(=O)(=O)O)c5C)cc-4oc3c2)c(C)c1NC(=O)NC1CCCCC1. The molecule has 4 aliphatic rings. The maximum Gasteiger partial charge on any atom is 0.319 e. The van der Waals surface area contributed by atoms with Crippen molar-refractivity contribution < 1.29 is 39.9 Å². The summed E-state index contributed by atoms with van der Waals surface area (Å²) in [4.78, 5) is 30.7. The molecule has 4 aromatic carbocycles. The number of nitrogens with zero attached hydrogens (tertiary/aromatic N) is 1. The first-order valence-corrected chi connectivity index (χ1v) is 25.9. The monoisotopic (exact) mass is 962 g/mol. The topological polar surface area (TPSA) is 229 Å². The lowest BCUT2D eigenvalue weighted by molar-refractivity contribution is 0.243. The number of nitrogens with one attached hydrogen (secondary N) is 5. The largest absolute Gasteiger partial charge is 0.456 e. The molecule has 2 saturated carbocycles. The summed E-state index contributed by atoms with van der Waals surface area (Å²) in [6.07, 6.45) is 10.0. The molecular formula is C51H58N6O9S2. The minimum absolute atomic E-state index is 0.0187. The summed E-state index contributed by atoms with van der Waals surface area (Å²) in [6, 6.07) is 17.9. The van der Waals surface area contributed by atoms with E-state index in [1.54, 1.807) is 49.4 Å². The Hall–Kier alpha value is -6.27. The third-order valence-electron chi connectivity index (χ3n) is 13.4. The van der Waals surface area contributed by atoms with Crippen LogP contribution in [-0.4, -0.2) is 50.1 Å². The lowest BCUT2D eigenvalue weighted by atomic mass is 9.93. The number of carbonyl (C=O) groups is 2. The van der Waals surface area contributed by atoms with Gasteiger partial charge in [-0.15, -0.1) is 0 Å². The highest BCUT2D eigenvalue weighted by Gasteiger charge is 2.28. The Morgan fingerprint density at radius 3 is 1.84 bits per heavy atom. The van der Waals surface area contributed by atoms with E-state index in [0.29, 0.717) is 44.4 Å². The van der Waals surface area contributed by atoms with Gasteiger partial charge in [0.25, 0.3) is 20.2 Å². The van der Waals surface area contributed by atoms with Crippen LogP contribution in [0.3, 0.4) is 0 Å². The number of anilines is 4. The molecule has 8 rings (SSSR count). The van der Waals surface area contributed by atoms with Gasteiger partial charge in [0.05, 0.1) is 22.4 Å². The van der Waals surface area contributed by atoms with Crippen LogP contribution >= 0.6 is 0 Å². The molecule has 0 saturated heterocycles. The molecule has 0 unspecified atom stereocenters. The molecular weight excluding hydrogens is 905 g/mol. The summed E-state index contributed by atoms with van der Waals surface area (Å²) in [5.41, 5.74) is 7.46. The Bertz CT molecular complexity index is 3250. The first-order chi connectivity index (χ1) is 32.3. The minimum atomic E-state index is -4.79. The number of fused-ring (bicyclic) bond motifs is 2. The summed E-state index contributed by atoms with van der Waals surface area (Å²) < 4.78 is 79.1. The molecule has 4 aromatic rings. The zero-order valence-corrected chi connectivity index (χ0v) is 40.7. The predicted molar refractivity (Wildman–Crippen MR) is 266 cm³/mol. The minimum Gasteiger partial charge on any atom is -0.456 e. The Morgan fingerprint density at radius 1 is 0.618 bits per heavy atom. The van der Waals surface area contributed by atoms with Gasteiger partial charge < -0.3 is 31.0 Å². The molecule has 7 N–H and O–H groups in total. The summed E-state index contributed by atoms with van der Waals surface area (Å²) in [5, 5.41) is 16.4. The van der Waals surface area contributed by atoms with Crippen molar-refractivity contribution in [3.05, 3.63) is 105 Å². The fourth-order valence-corrected chi connectivity index (χ4v) is 11.8. The maximum atomic E-state index is 13.3. The third-order valence-corrected chi connectivity index (χ3v) is 15.4. The number of benzene rings is 5. The number of amides is 4. The normalized spacial score (nSPS) is 15.4. The molecule has 1 heterocycles. The van der Waals surface area contributed by atoms with Crippen LogP contribution in [0.2, 0.25) is 0 Å². The molecule has 358 valence electrons. The molecule has 0 radical (unpaired) electrons. The van der Waals surface area contributed by atoms with Crippen LogP contribution in [0.5, 0.6) is 0 Å². The fourth-order valence-electron chi connectivity index (χ4n) is 10.1. The van der Waals surface area contributed by atoms with Crippen molar-refractivity contribution in [2.75, 3.05) is 16.0 Å². The Kier molecular flexibility index (Phi) is 13.7. The molecule has 1 aliphatic heterocycles. The summed E-state index contributed by atoms with van der Waals surface area (Å²) in [7, 11) is -9.49. The number of hydrogen-bond acceptors (Lipinski definition) is 9. The average molecular weight is 963 g/mol. The molecule has 68 heavy (non-hydrogen) atoms. The number of hydrogen-bond donors (Lipinski definition) is 7. The van der Waals surface area contributed by atoms with E-state index in [1.165, 1.54) is 32.4 Å². The first kappa shape index (κ1) is 48.2. The summed E-state index contributed by atoms with van der Waals surface area (Å²) in [6.45, 7) is 10.6. The van der Waals surface area contributed by atoms with Gasteiger partial charge in [-0.3, -0.25) is 9.11 Å². The molecule has 3 aliphatic carbocycles. The van der Waals surface area contributed by atoms with Gasteiger partial charge in [-0.05, 0) is 131 Å². The first-order valence-electron chi connectivity index (χ1n) is 23.0. The number of urea groups is 2. The van der Waals surface area contributed by atoms with Gasteiger partial charge >= 0.3 is 12.1 Å². The lowest BCUT2D eigenvalue weighted by Crippen LogP contribution is -2.39. The Balaban J connectivity index is 1.25. The second-order valence-electron chi connectivity index (χ2n) is 18.2. The van der Waals surface area contributed by atoms with Gasteiger partial charge in [0.1, 0.15) is 21.1 Å². The van der Waals surface area contributed by atoms with Crippen LogP contribution in [0.4, 0.5) is 38.0 Å². The molecule has 2 fully saturated rings. The number of aryl methyl sites for hydroxylation is 2. The van der Waals surface area contributed by atoms with E-state index in [4.69, 9.17) is 9.41 Å². The van der Waals surface area contributed by atoms with Crippen molar-refractivity contribution >= 4 is 71.7 Å². The standard InChI is InChI=1S/C51H58N6O9S2/c1-28-25-29(2)46(56-50(58)54-34-15-9-7-10-16-34)30(3)45(28)52-36-21-23-38-41(26-36)66-42-27-37(22-24-39(42)44(38)40-19-13-14-20-43(40)67(60,61)62)53-47-31(4)48(33(6)49(32(47)5)68(63,64)65)57-51(59)55-35-17-11-8-12-18-35/h13-14,19-27,34-35,52H,7-12,15-18H2,1-6H3,(H2,54,56,58)(H2,55,57,59)(H,60,61,62)(H,63,64,65)/b53-37+. The lowest BCUT2D eigenvalue weighted by Gasteiger charge is -2.24. The van der Waals surface area contributed by atoms with Gasteiger partial charge in [0.2, 0.25) is 0 Å². The quantitative estimate of drug-likeness (QED) is 0.0507. The van der Waals surface area contributed by atoms with Crippen LogP contribution in [0.1, 0.15) is 97.6 Å². The molecule has 15 nitrogen and oxygen atoms in total. The van der Waals surface area contributed by atoms with Crippen molar-refractivity contribution in [3.8, 4) is 22.5 Å². The molecule has 0 bridgehead atoms. The van der Waals surface area contributed by atoms with Gasteiger partial charge in [0, 0.05) is 57.7 Å². The van der Waals surface area contributed by atoms with E-state index in [-0.39, 0.29) is 61.7 Å². The molecule has 0 atom stereocenters. The maximum absolute atomic E-state index is 13.3. The molecule has 0 spiro atoms. The smallest absolute Gasteiger partial charge is 0.319 e. The van der Waals surface area contributed by atoms with E-state index in [2.05, 4.69) is 26.6 Å². The summed E-state index contributed by atoms with van der Waals surface area (Å²) >= 11 is 0.